The topological polar surface area (TPSA) is 67.8 Å². The normalized spacial score (nSPS) is 23.2. The number of halogens is 1. The van der Waals surface area contributed by atoms with Gasteiger partial charge in [-0.1, -0.05) is 11.6 Å². The van der Waals surface area contributed by atoms with E-state index in [1.54, 1.807) is 6.07 Å². The number of anilines is 1. The van der Waals surface area contributed by atoms with Crippen molar-refractivity contribution in [2.45, 2.75) is 18.3 Å². The fourth-order valence-electron chi connectivity index (χ4n) is 3.33. The van der Waals surface area contributed by atoms with Crippen LogP contribution < -0.4 is 4.90 Å². The summed E-state index contributed by atoms with van der Waals surface area (Å²) in [5.74, 6) is 0.746. The smallest absolute Gasteiger partial charge is 0.234 e. The van der Waals surface area contributed by atoms with Crippen LogP contribution in [0.4, 0.5) is 5.95 Å². The molecule has 0 aromatic carbocycles. The second-order valence-corrected chi connectivity index (χ2v) is 6.85. The summed E-state index contributed by atoms with van der Waals surface area (Å²) in [7, 11) is 0. The molecule has 3 aliphatic rings. The molecule has 0 N–H and O–H groups in total. The standard InChI is InChI=1S/C16H21ClN4O3/c17-13-11-12(18-15(19-13)21-5-9-24-10-6-21)16(1-2-16)14(22)20-3-7-23-8-4-20/h11H,1-10H2. The van der Waals surface area contributed by atoms with Gasteiger partial charge in [0.15, 0.2) is 0 Å². The Labute approximate surface area is 145 Å². The lowest BCUT2D eigenvalue weighted by Crippen LogP contribution is -2.46. The minimum absolute atomic E-state index is 0.147. The highest BCUT2D eigenvalue weighted by Crippen LogP contribution is 2.49. The molecule has 130 valence electrons. The average Bonchev–Trinajstić information content (AvgIpc) is 3.44. The number of morpholine rings is 2. The Hall–Kier alpha value is -1.44. The van der Waals surface area contributed by atoms with Crippen molar-refractivity contribution in [3.8, 4) is 0 Å². The summed E-state index contributed by atoms with van der Waals surface area (Å²) in [5.41, 5.74) is 0.228. The van der Waals surface area contributed by atoms with Gasteiger partial charge in [0, 0.05) is 26.2 Å². The van der Waals surface area contributed by atoms with Gasteiger partial charge in [0.2, 0.25) is 11.9 Å². The molecule has 0 spiro atoms. The molecular formula is C16H21ClN4O3. The van der Waals surface area contributed by atoms with Crippen molar-refractivity contribution >= 4 is 23.5 Å². The summed E-state index contributed by atoms with van der Waals surface area (Å²) in [6.45, 7) is 5.29. The first kappa shape index (κ1) is 16.1. The predicted octanol–water partition coefficient (Wildman–Crippen LogP) is 0.857. The molecule has 7 nitrogen and oxygen atoms in total. The Kier molecular flexibility index (Phi) is 4.32. The maximum atomic E-state index is 13.0. The van der Waals surface area contributed by atoms with E-state index in [1.165, 1.54) is 0 Å². The van der Waals surface area contributed by atoms with E-state index in [0.717, 1.165) is 31.6 Å². The summed E-state index contributed by atoms with van der Waals surface area (Å²) < 4.78 is 10.7. The second kappa shape index (κ2) is 6.46. The Morgan fingerprint density at radius 2 is 1.67 bits per heavy atom. The summed E-state index contributed by atoms with van der Waals surface area (Å²) in [5, 5.41) is 0.391. The maximum absolute atomic E-state index is 13.0. The molecule has 1 amide bonds. The highest BCUT2D eigenvalue weighted by molar-refractivity contribution is 6.29. The zero-order valence-corrected chi connectivity index (χ0v) is 14.3. The van der Waals surface area contributed by atoms with Crippen LogP contribution in [0.2, 0.25) is 5.15 Å². The van der Waals surface area contributed by atoms with E-state index < -0.39 is 5.41 Å². The zero-order valence-electron chi connectivity index (χ0n) is 13.5. The molecule has 0 bridgehead atoms. The number of carbonyl (C=O) groups excluding carboxylic acids is 1. The molecule has 2 saturated heterocycles. The fourth-order valence-corrected chi connectivity index (χ4v) is 3.51. The lowest BCUT2D eigenvalue weighted by molar-refractivity contribution is -0.138. The average molecular weight is 353 g/mol. The molecule has 1 aromatic heterocycles. The molecule has 2 aliphatic heterocycles. The van der Waals surface area contributed by atoms with Gasteiger partial charge >= 0.3 is 0 Å². The van der Waals surface area contributed by atoms with Crippen LogP contribution in [-0.2, 0) is 19.7 Å². The molecule has 0 unspecified atom stereocenters. The SMILES string of the molecule is O=C(N1CCOCC1)C1(c2cc(Cl)nc(N3CCOCC3)n2)CC1. The lowest BCUT2D eigenvalue weighted by atomic mass is 10.00. The zero-order chi connectivity index (χ0) is 16.6. The Morgan fingerprint density at radius 1 is 1.04 bits per heavy atom. The molecule has 1 saturated carbocycles. The minimum atomic E-state index is -0.523. The molecule has 0 atom stereocenters. The first-order valence-corrected chi connectivity index (χ1v) is 8.82. The summed E-state index contributed by atoms with van der Waals surface area (Å²) in [4.78, 5) is 26.0. The van der Waals surface area contributed by atoms with Gasteiger partial charge in [-0.05, 0) is 18.9 Å². The molecule has 8 heteroatoms. The molecule has 0 radical (unpaired) electrons. The van der Waals surface area contributed by atoms with Crippen molar-refractivity contribution in [2.75, 3.05) is 57.5 Å². The number of carbonyl (C=O) groups is 1. The molecule has 4 rings (SSSR count). The predicted molar refractivity (Wildman–Crippen MR) is 88.4 cm³/mol. The number of hydrogen-bond donors (Lipinski definition) is 0. The third-order valence-corrected chi connectivity index (χ3v) is 5.12. The van der Waals surface area contributed by atoms with Gasteiger partial charge in [0.25, 0.3) is 0 Å². The molecule has 24 heavy (non-hydrogen) atoms. The first-order chi connectivity index (χ1) is 11.7. The summed E-state index contributed by atoms with van der Waals surface area (Å²) >= 11 is 6.24. The number of rotatable bonds is 3. The van der Waals surface area contributed by atoms with E-state index in [1.807, 2.05) is 4.90 Å². The van der Waals surface area contributed by atoms with Crippen molar-refractivity contribution in [1.82, 2.24) is 14.9 Å². The van der Waals surface area contributed by atoms with Crippen LogP contribution >= 0.6 is 11.6 Å². The van der Waals surface area contributed by atoms with Crippen molar-refractivity contribution in [2.24, 2.45) is 0 Å². The quantitative estimate of drug-likeness (QED) is 0.752. The fraction of sp³-hybridized carbons (Fsp3) is 0.688. The first-order valence-electron chi connectivity index (χ1n) is 8.44. The molecular weight excluding hydrogens is 332 g/mol. The number of amides is 1. The Bertz CT molecular complexity index is 626. The van der Waals surface area contributed by atoms with Gasteiger partial charge in [0.05, 0.1) is 37.5 Å². The Morgan fingerprint density at radius 3 is 2.29 bits per heavy atom. The van der Waals surface area contributed by atoms with E-state index in [-0.39, 0.29) is 5.91 Å². The second-order valence-electron chi connectivity index (χ2n) is 6.46. The molecule has 1 aliphatic carbocycles. The summed E-state index contributed by atoms with van der Waals surface area (Å²) in [6.07, 6.45) is 1.64. The van der Waals surface area contributed by atoms with Crippen LogP contribution in [0.5, 0.6) is 0 Å². The third-order valence-electron chi connectivity index (χ3n) is 4.92. The Balaban J connectivity index is 1.60. The maximum Gasteiger partial charge on any atom is 0.234 e. The van der Waals surface area contributed by atoms with Crippen molar-refractivity contribution in [3.63, 3.8) is 0 Å². The van der Waals surface area contributed by atoms with Gasteiger partial charge < -0.3 is 19.3 Å². The number of ether oxygens (including phenoxy) is 2. The van der Waals surface area contributed by atoms with E-state index in [0.29, 0.717) is 50.6 Å². The van der Waals surface area contributed by atoms with Crippen LogP contribution in [0.15, 0.2) is 6.07 Å². The van der Waals surface area contributed by atoms with Crippen molar-refractivity contribution < 1.29 is 14.3 Å². The molecule has 1 aromatic rings. The number of hydrogen-bond acceptors (Lipinski definition) is 6. The third kappa shape index (κ3) is 2.96. The minimum Gasteiger partial charge on any atom is -0.378 e. The number of nitrogens with zero attached hydrogens (tertiary/aromatic N) is 4. The van der Waals surface area contributed by atoms with Crippen LogP contribution in [-0.4, -0.2) is 73.4 Å². The van der Waals surface area contributed by atoms with Crippen molar-refractivity contribution in [3.05, 3.63) is 16.9 Å². The van der Waals surface area contributed by atoms with Gasteiger partial charge in [0.1, 0.15) is 5.15 Å². The highest BCUT2D eigenvalue weighted by atomic mass is 35.5. The monoisotopic (exact) mass is 352 g/mol. The van der Waals surface area contributed by atoms with Crippen LogP contribution in [0, 0.1) is 0 Å². The van der Waals surface area contributed by atoms with Gasteiger partial charge in [-0.25, -0.2) is 9.97 Å². The van der Waals surface area contributed by atoms with Crippen molar-refractivity contribution in [1.29, 1.82) is 0 Å². The van der Waals surface area contributed by atoms with E-state index in [4.69, 9.17) is 26.1 Å². The van der Waals surface area contributed by atoms with Gasteiger partial charge in [-0.3, -0.25) is 4.79 Å². The van der Waals surface area contributed by atoms with Crippen LogP contribution in [0.3, 0.4) is 0 Å². The van der Waals surface area contributed by atoms with Crippen LogP contribution in [0.25, 0.3) is 0 Å². The van der Waals surface area contributed by atoms with E-state index in [9.17, 15) is 4.79 Å². The van der Waals surface area contributed by atoms with E-state index in [2.05, 4.69) is 9.88 Å². The van der Waals surface area contributed by atoms with Crippen LogP contribution in [0.1, 0.15) is 18.5 Å². The molecule has 3 fully saturated rings. The lowest BCUT2D eigenvalue weighted by Gasteiger charge is -2.31. The number of aromatic nitrogens is 2. The van der Waals surface area contributed by atoms with Gasteiger partial charge in [-0.15, -0.1) is 0 Å². The van der Waals surface area contributed by atoms with E-state index >= 15 is 0 Å². The van der Waals surface area contributed by atoms with Gasteiger partial charge in [-0.2, -0.15) is 0 Å². The largest absolute Gasteiger partial charge is 0.378 e. The highest BCUT2D eigenvalue weighted by Gasteiger charge is 2.54. The summed E-state index contributed by atoms with van der Waals surface area (Å²) in [6, 6.07) is 1.75. The molecule has 3 heterocycles.